The molecule has 1 amide bonds. The Labute approximate surface area is 100 Å². The molecule has 17 heavy (non-hydrogen) atoms. The zero-order valence-corrected chi connectivity index (χ0v) is 9.72. The van der Waals surface area contributed by atoms with Gasteiger partial charge in [0.25, 0.3) is 5.91 Å². The maximum absolute atomic E-state index is 12.1. The average Bonchev–Trinajstić information content (AvgIpc) is 2.91. The molecule has 1 aliphatic rings. The number of amides is 1. The molecule has 0 aliphatic carbocycles. The number of ether oxygens (including phenoxy) is 1. The molecule has 0 aromatic heterocycles. The smallest absolute Gasteiger partial charge is 0.255 e. The second-order valence-electron chi connectivity index (χ2n) is 4.06. The number of nitriles is 1. The number of anilines is 1. The fraction of sp³-hybridized carbons (Fsp3) is 0.385. The molecule has 4 heteroatoms. The minimum absolute atomic E-state index is 0.0439. The van der Waals surface area contributed by atoms with E-state index in [1.807, 2.05) is 6.07 Å². The first-order valence-corrected chi connectivity index (χ1v) is 5.61. The Morgan fingerprint density at radius 2 is 2.41 bits per heavy atom. The van der Waals surface area contributed by atoms with E-state index in [-0.39, 0.29) is 12.0 Å². The lowest BCUT2D eigenvalue weighted by Gasteiger charge is -2.20. The van der Waals surface area contributed by atoms with Crippen LogP contribution in [0.15, 0.2) is 24.3 Å². The van der Waals surface area contributed by atoms with Crippen molar-refractivity contribution in [1.82, 2.24) is 0 Å². The predicted molar refractivity (Wildman–Crippen MR) is 63.5 cm³/mol. The SMILES string of the molecule is CN(C(=O)C1CCCO1)c1cccc(C#N)c1. The molecule has 2 rings (SSSR count). The number of benzene rings is 1. The van der Waals surface area contributed by atoms with Crippen LogP contribution in [-0.4, -0.2) is 25.7 Å². The monoisotopic (exact) mass is 230 g/mol. The summed E-state index contributed by atoms with van der Waals surface area (Å²) in [6.45, 7) is 0.655. The van der Waals surface area contributed by atoms with Gasteiger partial charge < -0.3 is 9.64 Å². The summed E-state index contributed by atoms with van der Waals surface area (Å²) in [4.78, 5) is 13.6. The van der Waals surface area contributed by atoms with Crippen LogP contribution in [0.25, 0.3) is 0 Å². The van der Waals surface area contributed by atoms with Crippen molar-refractivity contribution in [2.45, 2.75) is 18.9 Å². The lowest BCUT2D eigenvalue weighted by molar-refractivity contribution is -0.127. The van der Waals surface area contributed by atoms with Gasteiger partial charge in [-0.25, -0.2) is 0 Å². The number of rotatable bonds is 2. The van der Waals surface area contributed by atoms with E-state index in [1.54, 1.807) is 30.1 Å². The molecule has 1 atom stereocenters. The second kappa shape index (κ2) is 4.98. The minimum Gasteiger partial charge on any atom is -0.368 e. The van der Waals surface area contributed by atoms with E-state index in [9.17, 15) is 4.79 Å². The third-order valence-corrected chi connectivity index (χ3v) is 2.90. The highest BCUT2D eigenvalue weighted by molar-refractivity contribution is 5.96. The summed E-state index contributed by atoms with van der Waals surface area (Å²) in [5.41, 5.74) is 1.28. The van der Waals surface area contributed by atoms with Gasteiger partial charge in [0.05, 0.1) is 11.6 Å². The number of carbonyl (C=O) groups excluding carboxylic acids is 1. The molecule has 1 saturated heterocycles. The van der Waals surface area contributed by atoms with Crippen molar-refractivity contribution < 1.29 is 9.53 Å². The number of hydrogen-bond donors (Lipinski definition) is 0. The molecule has 0 N–H and O–H groups in total. The van der Waals surface area contributed by atoms with Crippen molar-refractivity contribution in [3.8, 4) is 6.07 Å². The van der Waals surface area contributed by atoms with Gasteiger partial charge in [-0.05, 0) is 31.0 Å². The van der Waals surface area contributed by atoms with Crippen LogP contribution in [0.4, 0.5) is 5.69 Å². The maximum Gasteiger partial charge on any atom is 0.255 e. The summed E-state index contributed by atoms with van der Waals surface area (Å²) in [5.74, 6) is -0.0439. The number of carbonyl (C=O) groups is 1. The first-order valence-electron chi connectivity index (χ1n) is 5.61. The van der Waals surface area contributed by atoms with Crippen molar-refractivity contribution in [2.75, 3.05) is 18.6 Å². The second-order valence-corrected chi connectivity index (χ2v) is 4.06. The molecule has 1 heterocycles. The lowest BCUT2D eigenvalue weighted by atomic mass is 10.1. The molecule has 1 aromatic rings. The van der Waals surface area contributed by atoms with Gasteiger partial charge in [-0.1, -0.05) is 6.07 Å². The molecular formula is C13H14N2O2. The van der Waals surface area contributed by atoms with Crippen molar-refractivity contribution >= 4 is 11.6 Å². The van der Waals surface area contributed by atoms with Gasteiger partial charge in [0.15, 0.2) is 0 Å². The zero-order valence-electron chi connectivity index (χ0n) is 9.72. The average molecular weight is 230 g/mol. The molecule has 1 unspecified atom stereocenters. The molecule has 1 aliphatic heterocycles. The van der Waals surface area contributed by atoms with E-state index in [1.165, 1.54) is 0 Å². The van der Waals surface area contributed by atoms with Crippen molar-refractivity contribution in [3.05, 3.63) is 29.8 Å². The molecular weight excluding hydrogens is 216 g/mol. The summed E-state index contributed by atoms with van der Waals surface area (Å²) < 4.78 is 5.36. The maximum atomic E-state index is 12.1. The molecule has 0 spiro atoms. The van der Waals surface area contributed by atoms with Gasteiger partial charge in [-0.15, -0.1) is 0 Å². The van der Waals surface area contributed by atoms with Gasteiger partial charge >= 0.3 is 0 Å². The van der Waals surface area contributed by atoms with E-state index in [4.69, 9.17) is 10.00 Å². The van der Waals surface area contributed by atoms with E-state index in [2.05, 4.69) is 6.07 Å². The fourth-order valence-electron chi connectivity index (χ4n) is 1.90. The number of hydrogen-bond acceptors (Lipinski definition) is 3. The van der Waals surface area contributed by atoms with Crippen molar-refractivity contribution in [3.63, 3.8) is 0 Å². The van der Waals surface area contributed by atoms with Crippen LogP contribution in [0, 0.1) is 11.3 Å². The van der Waals surface area contributed by atoms with Gasteiger partial charge in [-0.2, -0.15) is 5.26 Å². The number of likely N-dealkylation sites (N-methyl/N-ethyl adjacent to an activating group) is 1. The Morgan fingerprint density at radius 3 is 3.06 bits per heavy atom. The highest BCUT2D eigenvalue weighted by Crippen LogP contribution is 2.19. The lowest BCUT2D eigenvalue weighted by Crippen LogP contribution is -2.36. The van der Waals surface area contributed by atoms with Gasteiger partial charge in [0, 0.05) is 19.3 Å². The standard InChI is InChI=1S/C13H14N2O2/c1-15(13(16)12-6-3-7-17-12)11-5-2-4-10(8-11)9-14/h2,4-5,8,12H,3,6-7H2,1H3. The first-order chi connectivity index (χ1) is 8.22. The van der Waals surface area contributed by atoms with Crippen LogP contribution < -0.4 is 4.90 Å². The van der Waals surface area contributed by atoms with Crippen molar-refractivity contribution in [2.24, 2.45) is 0 Å². The molecule has 0 saturated carbocycles. The highest BCUT2D eigenvalue weighted by Gasteiger charge is 2.27. The molecule has 0 radical (unpaired) electrons. The van der Waals surface area contributed by atoms with Crippen LogP contribution in [0.2, 0.25) is 0 Å². The Balaban J connectivity index is 2.15. The molecule has 1 aromatic carbocycles. The van der Waals surface area contributed by atoms with E-state index in [0.717, 1.165) is 18.5 Å². The Bertz CT molecular complexity index is 459. The highest BCUT2D eigenvalue weighted by atomic mass is 16.5. The van der Waals surface area contributed by atoms with Gasteiger partial charge in [0.1, 0.15) is 6.10 Å². The van der Waals surface area contributed by atoms with E-state index < -0.39 is 0 Å². The molecule has 0 bridgehead atoms. The summed E-state index contributed by atoms with van der Waals surface area (Å²) in [7, 11) is 1.71. The van der Waals surface area contributed by atoms with Crippen LogP contribution >= 0.6 is 0 Å². The van der Waals surface area contributed by atoms with E-state index >= 15 is 0 Å². The Kier molecular flexibility index (Phi) is 3.40. The first kappa shape index (κ1) is 11.6. The van der Waals surface area contributed by atoms with Crippen LogP contribution in [0.3, 0.4) is 0 Å². The zero-order chi connectivity index (χ0) is 12.3. The van der Waals surface area contributed by atoms with Crippen molar-refractivity contribution in [1.29, 1.82) is 5.26 Å². The summed E-state index contributed by atoms with van der Waals surface area (Å²) in [6.07, 6.45) is 1.38. The van der Waals surface area contributed by atoms with Crippen LogP contribution in [0.5, 0.6) is 0 Å². The van der Waals surface area contributed by atoms with Gasteiger partial charge in [-0.3, -0.25) is 4.79 Å². The third-order valence-electron chi connectivity index (χ3n) is 2.90. The Morgan fingerprint density at radius 1 is 1.59 bits per heavy atom. The number of nitrogens with zero attached hydrogens (tertiary/aromatic N) is 2. The minimum atomic E-state index is -0.328. The van der Waals surface area contributed by atoms with Crippen LogP contribution in [-0.2, 0) is 9.53 Å². The molecule has 4 nitrogen and oxygen atoms in total. The quantitative estimate of drug-likeness (QED) is 0.777. The predicted octanol–water partition coefficient (Wildman–Crippen LogP) is 1.70. The van der Waals surface area contributed by atoms with Crippen LogP contribution in [0.1, 0.15) is 18.4 Å². The molecule has 88 valence electrons. The normalized spacial score (nSPS) is 18.7. The third kappa shape index (κ3) is 2.45. The summed E-state index contributed by atoms with van der Waals surface area (Å²) in [6, 6.07) is 9.06. The summed E-state index contributed by atoms with van der Waals surface area (Å²) >= 11 is 0. The molecule has 1 fully saturated rings. The largest absolute Gasteiger partial charge is 0.368 e. The summed E-state index contributed by atoms with van der Waals surface area (Å²) in [5, 5.41) is 8.82. The Hall–Kier alpha value is -1.86. The van der Waals surface area contributed by atoms with E-state index in [0.29, 0.717) is 12.2 Å². The van der Waals surface area contributed by atoms with Gasteiger partial charge in [0.2, 0.25) is 0 Å². The fourth-order valence-corrected chi connectivity index (χ4v) is 1.90. The topological polar surface area (TPSA) is 53.3 Å².